The van der Waals surface area contributed by atoms with Gasteiger partial charge in [-0.2, -0.15) is 0 Å². The molecule has 37 heavy (non-hydrogen) atoms. The number of pyridine rings is 2. The van der Waals surface area contributed by atoms with Gasteiger partial charge in [-0.15, -0.1) is 0 Å². The third-order valence-electron chi connectivity index (χ3n) is 6.43. The maximum Gasteiger partial charge on any atom is 0.332 e. The van der Waals surface area contributed by atoms with Gasteiger partial charge in [-0.3, -0.25) is 18.9 Å². The maximum absolute atomic E-state index is 13.7. The molecule has 1 fully saturated rings. The van der Waals surface area contributed by atoms with E-state index in [-0.39, 0.29) is 35.5 Å². The second-order valence-electron chi connectivity index (χ2n) is 10.00. The molecule has 4 heterocycles. The van der Waals surface area contributed by atoms with Gasteiger partial charge in [0.1, 0.15) is 11.4 Å². The van der Waals surface area contributed by atoms with E-state index in [2.05, 4.69) is 9.97 Å². The van der Waals surface area contributed by atoms with Crippen molar-refractivity contribution >= 4 is 11.0 Å². The van der Waals surface area contributed by atoms with Gasteiger partial charge < -0.3 is 19.3 Å². The minimum absolute atomic E-state index is 0.153. The van der Waals surface area contributed by atoms with Gasteiger partial charge in [0.05, 0.1) is 30.5 Å². The van der Waals surface area contributed by atoms with Crippen LogP contribution in [0.4, 0.5) is 0 Å². The molecule has 3 aromatic rings. The Morgan fingerprint density at radius 3 is 2.73 bits per heavy atom. The Morgan fingerprint density at radius 2 is 2.03 bits per heavy atom. The zero-order chi connectivity index (χ0) is 26.5. The third kappa shape index (κ3) is 6.26. The van der Waals surface area contributed by atoms with Gasteiger partial charge in [-0.05, 0) is 56.6 Å². The number of nitrogens with zero attached hydrogens (tertiary/aromatic N) is 4. The summed E-state index contributed by atoms with van der Waals surface area (Å²) in [5, 5.41) is 11.4. The Bertz CT molecular complexity index is 1340. The summed E-state index contributed by atoms with van der Waals surface area (Å²) in [6, 6.07) is 1.81. The average Bonchev–Trinajstić information content (AvgIpc) is 2.87. The van der Waals surface area contributed by atoms with Gasteiger partial charge >= 0.3 is 5.69 Å². The lowest BCUT2D eigenvalue weighted by Crippen LogP contribution is -2.40. The lowest BCUT2D eigenvalue weighted by atomic mass is 9.97. The standard InChI is InChI=1S/C27H36N4O6/c1-17(2)12-20(32)23-21(37-19-13-18(3)14-28-15-19)16-29-25-24(23)26(33)31(27(34)30(25)4)9-7-11-36-22-8-5-6-10-35-22/h13-17,20,22,32H,5-12H2,1-4H3. The summed E-state index contributed by atoms with van der Waals surface area (Å²) in [6.45, 7) is 7.09. The highest BCUT2D eigenvalue weighted by atomic mass is 16.7. The molecule has 1 N–H and O–H groups in total. The van der Waals surface area contributed by atoms with E-state index in [9.17, 15) is 14.7 Å². The van der Waals surface area contributed by atoms with Crippen LogP contribution in [0.2, 0.25) is 0 Å². The largest absolute Gasteiger partial charge is 0.454 e. The Morgan fingerprint density at radius 1 is 1.22 bits per heavy atom. The lowest BCUT2D eigenvalue weighted by molar-refractivity contribution is -0.163. The molecule has 2 unspecified atom stereocenters. The first-order valence-electron chi connectivity index (χ1n) is 12.9. The monoisotopic (exact) mass is 512 g/mol. The molecule has 0 spiro atoms. The Kier molecular flexibility index (Phi) is 8.73. The highest BCUT2D eigenvalue weighted by molar-refractivity contribution is 5.81. The van der Waals surface area contributed by atoms with Crippen LogP contribution in [-0.4, -0.2) is 43.7 Å². The smallest absolute Gasteiger partial charge is 0.332 e. The number of aliphatic hydroxyl groups is 1. The van der Waals surface area contributed by atoms with Crippen LogP contribution >= 0.6 is 0 Å². The van der Waals surface area contributed by atoms with Crippen molar-refractivity contribution in [2.24, 2.45) is 13.0 Å². The number of hydrogen-bond acceptors (Lipinski definition) is 8. The molecule has 2 atom stereocenters. The molecule has 200 valence electrons. The van der Waals surface area contributed by atoms with Crippen molar-refractivity contribution in [3.8, 4) is 11.5 Å². The van der Waals surface area contributed by atoms with Crippen LogP contribution < -0.4 is 16.0 Å². The normalized spacial score (nSPS) is 16.9. The van der Waals surface area contributed by atoms with Crippen LogP contribution in [0.5, 0.6) is 11.5 Å². The van der Waals surface area contributed by atoms with E-state index < -0.39 is 17.4 Å². The fourth-order valence-electron chi connectivity index (χ4n) is 4.62. The van der Waals surface area contributed by atoms with Crippen LogP contribution in [0, 0.1) is 12.8 Å². The summed E-state index contributed by atoms with van der Waals surface area (Å²) in [4.78, 5) is 35.4. The van der Waals surface area contributed by atoms with Gasteiger partial charge in [0.15, 0.2) is 12.0 Å². The van der Waals surface area contributed by atoms with Crippen LogP contribution in [0.15, 0.2) is 34.2 Å². The third-order valence-corrected chi connectivity index (χ3v) is 6.43. The van der Waals surface area contributed by atoms with Crippen molar-refractivity contribution in [1.82, 2.24) is 19.1 Å². The van der Waals surface area contributed by atoms with E-state index in [1.165, 1.54) is 15.3 Å². The number of aliphatic hydroxyl groups excluding tert-OH is 1. The van der Waals surface area contributed by atoms with Gasteiger partial charge in [0, 0.05) is 32.0 Å². The molecule has 1 saturated heterocycles. The fourth-order valence-corrected chi connectivity index (χ4v) is 4.62. The van der Waals surface area contributed by atoms with E-state index in [4.69, 9.17) is 14.2 Å². The lowest BCUT2D eigenvalue weighted by Gasteiger charge is -2.23. The second kappa shape index (κ2) is 12.0. The summed E-state index contributed by atoms with van der Waals surface area (Å²) < 4.78 is 20.0. The van der Waals surface area contributed by atoms with Crippen LogP contribution in [0.1, 0.15) is 63.2 Å². The highest BCUT2D eigenvalue weighted by Crippen LogP contribution is 2.35. The van der Waals surface area contributed by atoms with Crippen molar-refractivity contribution in [2.75, 3.05) is 13.2 Å². The molecule has 10 nitrogen and oxygen atoms in total. The molecule has 0 aromatic carbocycles. The molecule has 3 aromatic heterocycles. The first-order chi connectivity index (χ1) is 17.8. The molecule has 10 heteroatoms. The Hall–Kier alpha value is -3.08. The molecular formula is C27H36N4O6. The van der Waals surface area contributed by atoms with Gasteiger partial charge in [0.2, 0.25) is 0 Å². The van der Waals surface area contributed by atoms with Crippen molar-refractivity contribution in [2.45, 2.75) is 71.8 Å². The van der Waals surface area contributed by atoms with Crippen molar-refractivity contribution in [1.29, 1.82) is 0 Å². The summed E-state index contributed by atoms with van der Waals surface area (Å²) in [5.41, 5.74) is 0.443. The summed E-state index contributed by atoms with van der Waals surface area (Å²) in [7, 11) is 1.57. The summed E-state index contributed by atoms with van der Waals surface area (Å²) in [6.07, 6.45) is 7.29. The van der Waals surface area contributed by atoms with Crippen LogP contribution in [-0.2, 0) is 23.1 Å². The zero-order valence-corrected chi connectivity index (χ0v) is 22.0. The highest BCUT2D eigenvalue weighted by Gasteiger charge is 2.25. The zero-order valence-electron chi connectivity index (χ0n) is 22.0. The second-order valence-corrected chi connectivity index (χ2v) is 10.00. The van der Waals surface area contributed by atoms with Crippen LogP contribution in [0.3, 0.4) is 0 Å². The number of ether oxygens (including phenoxy) is 3. The van der Waals surface area contributed by atoms with Crippen molar-refractivity contribution in [3.63, 3.8) is 0 Å². The van der Waals surface area contributed by atoms with E-state index in [0.29, 0.717) is 37.4 Å². The summed E-state index contributed by atoms with van der Waals surface area (Å²) in [5.74, 6) is 0.875. The van der Waals surface area contributed by atoms with Crippen LogP contribution in [0.25, 0.3) is 11.0 Å². The van der Waals surface area contributed by atoms with E-state index in [1.807, 2.05) is 26.8 Å². The minimum atomic E-state index is -0.997. The number of aryl methyl sites for hydroxylation is 2. The fraction of sp³-hybridized carbons (Fsp3) is 0.556. The molecule has 0 bridgehead atoms. The van der Waals surface area contributed by atoms with Gasteiger partial charge in [-0.1, -0.05) is 13.8 Å². The Balaban J connectivity index is 1.73. The molecule has 0 saturated carbocycles. The van der Waals surface area contributed by atoms with Crippen molar-refractivity contribution in [3.05, 3.63) is 56.6 Å². The minimum Gasteiger partial charge on any atom is -0.454 e. The van der Waals surface area contributed by atoms with Gasteiger partial charge in [-0.25, -0.2) is 9.78 Å². The first-order valence-corrected chi connectivity index (χ1v) is 12.9. The van der Waals surface area contributed by atoms with Gasteiger partial charge in [0.25, 0.3) is 5.56 Å². The number of rotatable bonds is 10. The SMILES string of the molecule is Cc1cncc(Oc2cnc3c(c2C(O)CC(C)C)c(=O)n(CCCOC2CCCCO2)c(=O)n3C)c1. The maximum atomic E-state index is 13.7. The number of aromatic nitrogens is 4. The average molecular weight is 513 g/mol. The quantitative estimate of drug-likeness (QED) is 0.410. The molecular weight excluding hydrogens is 476 g/mol. The van der Waals surface area contributed by atoms with E-state index in [0.717, 1.165) is 24.8 Å². The predicted octanol–water partition coefficient (Wildman–Crippen LogP) is 3.60. The summed E-state index contributed by atoms with van der Waals surface area (Å²) >= 11 is 0. The number of hydrogen-bond donors (Lipinski definition) is 1. The molecule has 1 aliphatic rings. The molecule has 1 aliphatic heterocycles. The number of fused-ring (bicyclic) bond motifs is 1. The Labute approximate surface area is 215 Å². The molecule has 0 aliphatic carbocycles. The topological polar surface area (TPSA) is 118 Å². The predicted molar refractivity (Wildman–Crippen MR) is 139 cm³/mol. The first kappa shape index (κ1) is 27.0. The molecule has 0 radical (unpaired) electrons. The van der Waals surface area contributed by atoms with E-state index >= 15 is 0 Å². The van der Waals surface area contributed by atoms with Crippen molar-refractivity contribution < 1.29 is 19.3 Å². The molecule has 0 amide bonds. The van der Waals surface area contributed by atoms with E-state index in [1.54, 1.807) is 19.4 Å². The molecule has 4 rings (SSSR count).